The van der Waals surface area contributed by atoms with Gasteiger partial charge in [0.1, 0.15) is 11.9 Å². The van der Waals surface area contributed by atoms with Crippen LogP contribution >= 0.6 is 0 Å². The highest BCUT2D eigenvalue weighted by Crippen LogP contribution is 2.22. The Kier molecular flexibility index (Phi) is 4.58. The topological polar surface area (TPSA) is 73.4 Å². The minimum atomic E-state index is -0.449. The Bertz CT molecular complexity index is 758. The van der Waals surface area contributed by atoms with Gasteiger partial charge in [0.2, 0.25) is 5.76 Å². The van der Waals surface area contributed by atoms with Gasteiger partial charge in [-0.25, -0.2) is 4.39 Å². The Morgan fingerprint density at radius 3 is 2.50 bits per heavy atom. The molecule has 1 atom stereocenters. The monoisotopic (exact) mass is 328 g/mol. The number of hydrogen-bond acceptors (Lipinski definition) is 5. The summed E-state index contributed by atoms with van der Waals surface area (Å²) in [6.45, 7) is 3.89. The lowest BCUT2D eigenvalue weighted by Crippen LogP contribution is -2.49. The number of carbonyl (C=O) groups is 1. The van der Waals surface area contributed by atoms with Gasteiger partial charge >= 0.3 is 0 Å². The van der Waals surface area contributed by atoms with E-state index in [2.05, 4.69) is 11.2 Å². The van der Waals surface area contributed by atoms with Crippen LogP contribution in [0.4, 0.5) is 4.39 Å². The third kappa shape index (κ3) is 3.29. The molecule has 0 spiro atoms. The van der Waals surface area contributed by atoms with Gasteiger partial charge in [-0.05, 0) is 24.6 Å². The van der Waals surface area contributed by atoms with E-state index in [0.717, 1.165) is 5.56 Å². The number of carbonyl (C=O) groups excluding carboxylic acids is 1. The van der Waals surface area contributed by atoms with Crippen LogP contribution in [0, 0.1) is 24.1 Å². The minimum absolute atomic E-state index is 0.189. The van der Waals surface area contributed by atoms with Crippen molar-refractivity contribution in [3.8, 4) is 6.07 Å². The average molecular weight is 328 g/mol. The van der Waals surface area contributed by atoms with Gasteiger partial charge in [0.25, 0.3) is 5.91 Å². The number of hydrogen-bond donors (Lipinski definition) is 0. The predicted octanol–water partition coefficient (Wildman–Crippen LogP) is 2.14. The van der Waals surface area contributed by atoms with E-state index in [4.69, 9.17) is 4.52 Å². The van der Waals surface area contributed by atoms with E-state index in [0.29, 0.717) is 31.9 Å². The number of amides is 1. The Morgan fingerprint density at radius 1 is 1.29 bits per heavy atom. The van der Waals surface area contributed by atoms with Crippen LogP contribution in [0.25, 0.3) is 0 Å². The van der Waals surface area contributed by atoms with Crippen molar-refractivity contribution in [2.75, 3.05) is 26.2 Å². The van der Waals surface area contributed by atoms with Crippen molar-refractivity contribution < 1.29 is 13.7 Å². The van der Waals surface area contributed by atoms with Crippen molar-refractivity contribution >= 4 is 5.91 Å². The molecule has 1 saturated heterocycles. The van der Waals surface area contributed by atoms with E-state index in [1.807, 2.05) is 4.90 Å². The minimum Gasteiger partial charge on any atom is -0.351 e. The van der Waals surface area contributed by atoms with Crippen LogP contribution < -0.4 is 0 Å². The maximum Gasteiger partial charge on any atom is 0.292 e. The summed E-state index contributed by atoms with van der Waals surface area (Å²) in [5.74, 6) is -0.282. The second kappa shape index (κ2) is 6.81. The van der Waals surface area contributed by atoms with Crippen molar-refractivity contribution in [1.29, 1.82) is 5.26 Å². The molecular formula is C17H17FN4O2. The van der Waals surface area contributed by atoms with E-state index in [1.54, 1.807) is 30.0 Å². The van der Waals surface area contributed by atoms with Crippen molar-refractivity contribution in [3.63, 3.8) is 0 Å². The molecule has 0 saturated carbocycles. The average Bonchev–Trinajstić information content (AvgIpc) is 3.04. The van der Waals surface area contributed by atoms with Crippen LogP contribution in [0.5, 0.6) is 0 Å². The third-order valence-electron chi connectivity index (χ3n) is 4.11. The molecule has 0 N–H and O–H groups in total. The molecule has 0 bridgehead atoms. The first-order valence-corrected chi connectivity index (χ1v) is 7.70. The van der Waals surface area contributed by atoms with Gasteiger partial charge in [0.05, 0.1) is 11.8 Å². The van der Waals surface area contributed by atoms with E-state index >= 15 is 0 Å². The number of nitriles is 1. The number of aromatic nitrogens is 1. The highest BCUT2D eigenvalue weighted by Gasteiger charge is 2.28. The fourth-order valence-corrected chi connectivity index (χ4v) is 2.82. The predicted molar refractivity (Wildman–Crippen MR) is 83.5 cm³/mol. The fraction of sp³-hybridized carbons (Fsp3) is 0.353. The van der Waals surface area contributed by atoms with E-state index in [1.165, 1.54) is 12.1 Å². The van der Waals surface area contributed by atoms with Crippen LogP contribution in [-0.4, -0.2) is 47.0 Å². The number of benzene rings is 1. The van der Waals surface area contributed by atoms with Crippen molar-refractivity contribution in [1.82, 2.24) is 15.0 Å². The largest absolute Gasteiger partial charge is 0.351 e. The maximum absolute atomic E-state index is 13.0. The summed E-state index contributed by atoms with van der Waals surface area (Å²) in [6, 6.07) is 9.38. The summed E-state index contributed by atoms with van der Waals surface area (Å²) in [5, 5.41) is 13.2. The molecule has 1 amide bonds. The first-order valence-electron chi connectivity index (χ1n) is 7.70. The molecule has 24 heavy (non-hydrogen) atoms. The number of rotatable bonds is 3. The molecule has 1 aromatic carbocycles. The number of halogens is 1. The Balaban J connectivity index is 1.64. The van der Waals surface area contributed by atoms with Gasteiger partial charge in [-0.2, -0.15) is 5.26 Å². The lowest BCUT2D eigenvalue weighted by atomic mass is 10.1. The second-order valence-corrected chi connectivity index (χ2v) is 5.74. The molecule has 6 nitrogen and oxygen atoms in total. The summed E-state index contributed by atoms with van der Waals surface area (Å²) < 4.78 is 18.1. The van der Waals surface area contributed by atoms with Crippen molar-refractivity contribution in [2.45, 2.75) is 13.0 Å². The third-order valence-corrected chi connectivity index (χ3v) is 4.11. The molecule has 2 aromatic rings. The quantitative estimate of drug-likeness (QED) is 0.863. The molecule has 124 valence electrons. The van der Waals surface area contributed by atoms with E-state index in [9.17, 15) is 14.4 Å². The normalized spacial score (nSPS) is 16.6. The molecule has 2 heterocycles. The Hall–Kier alpha value is -2.72. The first-order chi connectivity index (χ1) is 11.6. The van der Waals surface area contributed by atoms with Crippen LogP contribution in [0.1, 0.15) is 27.9 Å². The molecule has 0 radical (unpaired) electrons. The van der Waals surface area contributed by atoms with Crippen LogP contribution in [0.15, 0.2) is 34.9 Å². The molecule has 1 aliphatic heterocycles. The molecule has 7 heteroatoms. The van der Waals surface area contributed by atoms with Gasteiger partial charge in [0.15, 0.2) is 0 Å². The van der Waals surface area contributed by atoms with Gasteiger partial charge in [-0.15, -0.1) is 0 Å². The maximum atomic E-state index is 13.0. The van der Waals surface area contributed by atoms with E-state index < -0.39 is 6.04 Å². The lowest BCUT2D eigenvalue weighted by Gasteiger charge is -2.36. The number of piperazine rings is 1. The molecular weight excluding hydrogens is 311 g/mol. The van der Waals surface area contributed by atoms with Gasteiger partial charge in [0, 0.05) is 32.2 Å². The summed E-state index contributed by atoms with van der Waals surface area (Å²) in [6.07, 6.45) is 0. The van der Waals surface area contributed by atoms with E-state index in [-0.39, 0.29) is 17.5 Å². The zero-order chi connectivity index (χ0) is 17.1. The molecule has 0 aliphatic carbocycles. The van der Waals surface area contributed by atoms with Gasteiger partial charge in [-0.1, -0.05) is 17.3 Å². The fourth-order valence-electron chi connectivity index (χ4n) is 2.82. The first kappa shape index (κ1) is 16.1. The van der Waals surface area contributed by atoms with Crippen molar-refractivity contribution in [3.05, 3.63) is 53.2 Å². The molecule has 1 unspecified atom stereocenters. The molecule has 1 aliphatic rings. The lowest BCUT2D eigenvalue weighted by molar-refractivity contribution is 0.0567. The Morgan fingerprint density at radius 2 is 1.96 bits per heavy atom. The number of nitrogens with zero attached hydrogens (tertiary/aromatic N) is 4. The SMILES string of the molecule is Cc1cc(C(=O)N2CCN(C(C#N)c3ccc(F)cc3)CC2)on1. The standard InChI is InChI=1S/C17H17FN4O2/c1-12-10-16(24-20-12)17(23)22-8-6-21(7-9-22)15(11-19)13-2-4-14(18)5-3-13/h2-5,10,15H,6-9H2,1H3. The van der Waals surface area contributed by atoms with Crippen LogP contribution in [0.2, 0.25) is 0 Å². The zero-order valence-electron chi connectivity index (χ0n) is 13.3. The Labute approximate surface area is 139 Å². The summed E-state index contributed by atoms with van der Waals surface area (Å²) in [5.41, 5.74) is 1.42. The highest BCUT2D eigenvalue weighted by atomic mass is 19.1. The summed E-state index contributed by atoms with van der Waals surface area (Å²) in [7, 11) is 0. The molecule has 1 aromatic heterocycles. The molecule has 1 fully saturated rings. The second-order valence-electron chi connectivity index (χ2n) is 5.74. The molecule has 3 rings (SSSR count). The smallest absolute Gasteiger partial charge is 0.292 e. The summed E-state index contributed by atoms with van der Waals surface area (Å²) in [4.78, 5) is 16.0. The van der Waals surface area contributed by atoms with Gasteiger partial charge in [-0.3, -0.25) is 9.69 Å². The zero-order valence-corrected chi connectivity index (χ0v) is 13.3. The summed E-state index contributed by atoms with van der Waals surface area (Å²) >= 11 is 0. The van der Waals surface area contributed by atoms with Crippen LogP contribution in [-0.2, 0) is 0 Å². The van der Waals surface area contributed by atoms with Crippen LogP contribution in [0.3, 0.4) is 0 Å². The van der Waals surface area contributed by atoms with Gasteiger partial charge < -0.3 is 9.42 Å². The van der Waals surface area contributed by atoms with Crippen molar-refractivity contribution in [2.24, 2.45) is 0 Å². The highest BCUT2D eigenvalue weighted by molar-refractivity contribution is 5.91. The number of aryl methyl sites for hydroxylation is 1.